The maximum atomic E-state index is 14.2. The number of aromatic amines is 1. The standard InChI is InChI=1S/C17H21F3N4O2/c1-17(2,3)26-16(25)23-14-8-24(5-4-9(14)18)15-21-12-6-10(19)11(20)7-13(12)22-15/h6-7,9,14H,4-5,8H2,1-3H3,(H,21,22)(H,23,25)/t9-,14+/m0/s1. The zero-order valence-electron chi connectivity index (χ0n) is 14.8. The van der Waals surface area contributed by atoms with Gasteiger partial charge in [-0.3, -0.25) is 0 Å². The number of hydrogen-bond donors (Lipinski definition) is 2. The lowest BCUT2D eigenvalue weighted by Gasteiger charge is -2.35. The van der Waals surface area contributed by atoms with Crippen molar-refractivity contribution in [3.05, 3.63) is 23.8 Å². The summed E-state index contributed by atoms with van der Waals surface area (Å²) in [7, 11) is 0. The van der Waals surface area contributed by atoms with Gasteiger partial charge in [0.15, 0.2) is 11.6 Å². The second kappa shape index (κ2) is 6.69. The number of piperidine rings is 1. The first-order valence-corrected chi connectivity index (χ1v) is 8.36. The Kier molecular flexibility index (Phi) is 4.72. The summed E-state index contributed by atoms with van der Waals surface area (Å²) < 4.78 is 46.1. The number of fused-ring (bicyclic) bond motifs is 1. The van der Waals surface area contributed by atoms with E-state index >= 15 is 0 Å². The lowest BCUT2D eigenvalue weighted by Crippen LogP contribution is -2.54. The highest BCUT2D eigenvalue weighted by molar-refractivity contribution is 5.78. The Hall–Kier alpha value is -2.45. The summed E-state index contributed by atoms with van der Waals surface area (Å²) in [6.45, 7) is 5.68. The van der Waals surface area contributed by atoms with E-state index in [-0.39, 0.29) is 18.5 Å². The zero-order chi connectivity index (χ0) is 19.1. The second-order valence-electron chi connectivity index (χ2n) is 7.35. The number of benzene rings is 1. The maximum absolute atomic E-state index is 14.2. The predicted octanol–water partition coefficient (Wildman–Crippen LogP) is 3.28. The van der Waals surface area contributed by atoms with Gasteiger partial charge in [0.05, 0.1) is 17.1 Å². The van der Waals surface area contributed by atoms with Crippen molar-refractivity contribution < 1.29 is 22.7 Å². The van der Waals surface area contributed by atoms with Crippen molar-refractivity contribution in [3.63, 3.8) is 0 Å². The molecule has 1 aliphatic rings. The number of rotatable bonds is 2. The van der Waals surface area contributed by atoms with E-state index in [4.69, 9.17) is 4.74 Å². The summed E-state index contributed by atoms with van der Waals surface area (Å²) in [5, 5.41) is 2.54. The van der Waals surface area contributed by atoms with Crippen molar-refractivity contribution in [1.29, 1.82) is 0 Å². The lowest BCUT2D eigenvalue weighted by atomic mass is 10.0. The van der Waals surface area contributed by atoms with E-state index in [2.05, 4.69) is 15.3 Å². The molecule has 1 saturated heterocycles. The highest BCUT2D eigenvalue weighted by atomic mass is 19.2. The molecular formula is C17H21F3N4O2. The average Bonchev–Trinajstić information content (AvgIpc) is 2.90. The number of carbonyl (C=O) groups is 1. The number of alkyl carbamates (subject to hydrolysis) is 1. The van der Waals surface area contributed by atoms with Crippen LogP contribution in [0.3, 0.4) is 0 Å². The highest BCUT2D eigenvalue weighted by Gasteiger charge is 2.33. The molecule has 0 bridgehead atoms. The van der Waals surface area contributed by atoms with Gasteiger partial charge < -0.3 is 19.9 Å². The van der Waals surface area contributed by atoms with Gasteiger partial charge >= 0.3 is 6.09 Å². The topological polar surface area (TPSA) is 70.2 Å². The maximum Gasteiger partial charge on any atom is 0.408 e. The van der Waals surface area contributed by atoms with E-state index in [0.29, 0.717) is 18.0 Å². The molecule has 0 saturated carbocycles. The number of nitrogens with zero attached hydrogens (tertiary/aromatic N) is 2. The van der Waals surface area contributed by atoms with E-state index in [1.165, 1.54) is 0 Å². The molecule has 3 rings (SSSR count). The Morgan fingerprint density at radius 2 is 2.04 bits per heavy atom. The van der Waals surface area contributed by atoms with Crippen molar-refractivity contribution in [2.45, 2.75) is 45.0 Å². The number of imidazole rings is 1. The SMILES string of the molecule is CC(C)(C)OC(=O)N[C@@H]1CN(c2nc3cc(F)c(F)cc3[nH]2)CC[C@@H]1F. The molecule has 1 aromatic carbocycles. The van der Waals surface area contributed by atoms with Crippen LogP contribution in [0.25, 0.3) is 11.0 Å². The third-order valence-electron chi connectivity index (χ3n) is 4.04. The molecule has 1 fully saturated rings. The van der Waals surface area contributed by atoms with Crippen molar-refractivity contribution in [2.75, 3.05) is 18.0 Å². The lowest BCUT2D eigenvalue weighted by molar-refractivity contribution is 0.0465. The quantitative estimate of drug-likeness (QED) is 0.851. The molecular weight excluding hydrogens is 349 g/mol. The first-order valence-electron chi connectivity index (χ1n) is 8.36. The summed E-state index contributed by atoms with van der Waals surface area (Å²) in [5.74, 6) is -1.59. The average molecular weight is 370 g/mol. The number of ether oxygens (including phenoxy) is 1. The largest absolute Gasteiger partial charge is 0.444 e. The fraction of sp³-hybridized carbons (Fsp3) is 0.529. The van der Waals surface area contributed by atoms with Crippen LogP contribution in [0.5, 0.6) is 0 Å². The number of nitrogens with one attached hydrogen (secondary N) is 2. The first-order chi connectivity index (χ1) is 12.1. The Bertz CT molecular complexity index is 779. The number of alkyl halides is 1. The van der Waals surface area contributed by atoms with Crippen LogP contribution in [0.4, 0.5) is 23.9 Å². The van der Waals surface area contributed by atoms with Gasteiger partial charge in [0.2, 0.25) is 5.95 Å². The Labute approximate surface area is 148 Å². The van der Waals surface area contributed by atoms with E-state index < -0.39 is 35.5 Å². The number of anilines is 1. The molecule has 2 aromatic rings. The third kappa shape index (κ3) is 4.03. The number of halogens is 3. The Balaban J connectivity index is 1.74. The van der Waals surface area contributed by atoms with Crippen LogP contribution in [0, 0.1) is 11.6 Å². The van der Waals surface area contributed by atoms with Crippen molar-refractivity contribution in [1.82, 2.24) is 15.3 Å². The highest BCUT2D eigenvalue weighted by Crippen LogP contribution is 2.24. The van der Waals surface area contributed by atoms with Gasteiger partial charge in [-0.15, -0.1) is 0 Å². The van der Waals surface area contributed by atoms with Gasteiger partial charge in [0.25, 0.3) is 0 Å². The monoisotopic (exact) mass is 370 g/mol. The van der Waals surface area contributed by atoms with Crippen LogP contribution < -0.4 is 10.2 Å². The summed E-state index contributed by atoms with van der Waals surface area (Å²) in [6.07, 6.45) is -1.74. The minimum Gasteiger partial charge on any atom is -0.444 e. The van der Waals surface area contributed by atoms with Crippen LogP contribution in [0.1, 0.15) is 27.2 Å². The van der Waals surface area contributed by atoms with Crippen molar-refractivity contribution >= 4 is 23.1 Å². The van der Waals surface area contributed by atoms with E-state index in [9.17, 15) is 18.0 Å². The number of aromatic nitrogens is 2. The normalized spacial score (nSPS) is 21.1. The minimum atomic E-state index is -1.22. The molecule has 2 atom stereocenters. The fourth-order valence-corrected chi connectivity index (χ4v) is 2.85. The molecule has 1 aliphatic heterocycles. The number of H-pyrrole nitrogens is 1. The zero-order valence-corrected chi connectivity index (χ0v) is 14.8. The van der Waals surface area contributed by atoms with Crippen molar-refractivity contribution in [3.8, 4) is 0 Å². The first kappa shape index (κ1) is 18.3. The van der Waals surface area contributed by atoms with E-state index in [1.807, 2.05) is 0 Å². The van der Waals surface area contributed by atoms with Crippen LogP contribution >= 0.6 is 0 Å². The van der Waals surface area contributed by atoms with Crippen LogP contribution in [0.15, 0.2) is 12.1 Å². The van der Waals surface area contributed by atoms with Gasteiger partial charge in [-0.1, -0.05) is 0 Å². The number of hydrogen-bond acceptors (Lipinski definition) is 4. The molecule has 142 valence electrons. The summed E-state index contributed by atoms with van der Waals surface area (Å²) >= 11 is 0. The third-order valence-corrected chi connectivity index (χ3v) is 4.04. The van der Waals surface area contributed by atoms with Crippen LogP contribution in [0.2, 0.25) is 0 Å². The van der Waals surface area contributed by atoms with Crippen molar-refractivity contribution in [2.24, 2.45) is 0 Å². The smallest absolute Gasteiger partial charge is 0.408 e. The number of carbonyl (C=O) groups excluding carboxylic acids is 1. The minimum absolute atomic E-state index is 0.158. The molecule has 1 amide bonds. The molecule has 0 spiro atoms. The van der Waals surface area contributed by atoms with Gasteiger partial charge in [-0.05, 0) is 27.2 Å². The molecule has 0 radical (unpaired) electrons. The second-order valence-corrected chi connectivity index (χ2v) is 7.35. The summed E-state index contributed by atoms with van der Waals surface area (Å²) in [5.41, 5.74) is -0.0623. The molecule has 2 N–H and O–H groups in total. The molecule has 1 aromatic heterocycles. The van der Waals surface area contributed by atoms with E-state index in [1.54, 1.807) is 25.7 Å². The van der Waals surface area contributed by atoms with Crippen LogP contribution in [-0.2, 0) is 4.74 Å². The molecule has 26 heavy (non-hydrogen) atoms. The molecule has 9 heteroatoms. The molecule has 0 unspecified atom stereocenters. The van der Waals surface area contributed by atoms with Gasteiger partial charge in [-0.25, -0.2) is 22.9 Å². The van der Waals surface area contributed by atoms with Gasteiger partial charge in [-0.2, -0.15) is 0 Å². The molecule has 0 aliphatic carbocycles. The van der Waals surface area contributed by atoms with Gasteiger partial charge in [0.1, 0.15) is 11.8 Å². The summed E-state index contributed by atoms with van der Waals surface area (Å²) in [4.78, 5) is 20.8. The van der Waals surface area contributed by atoms with Gasteiger partial charge in [0, 0.05) is 25.2 Å². The Morgan fingerprint density at radius 1 is 1.35 bits per heavy atom. The predicted molar refractivity (Wildman–Crippen MR) is 90.9 cm³/mol. The Morgan fingerprint density at radius 3 is 2.73 bits per heavy atom. The summed E-state index contributed by atoms with van der Waals surface area (Å²) in [6, 6.07) is 1.25. The number of amides is 1. The molecule has 6 nitrogen and oxygen atoms in total. The molecule has 2 heterocycles. The fourth-order valence-electron chi connectivity index (χ4n) is 2.85. The van der Waals surface area contributed by atoms with E-state index in [0.717, 1.165) is 12.1 Å². The van der Waals surface area contributed by atoms with Crippen LogP contribution in [-0.4, -0.2) is 47.0 Å².